The van der Waals surface area contributed by atoms with Gasteiger partial charge in [0.1, 0.15) is 15.5 Å². The second-order valence-electron chi connectivity index (χ2n) is 7.10. The van der Waals surface area contributed by atoms with Gasteiger partial charge in [-0.2, -0.15) is 4.98 Å². The van der Waals surface area contributed by atoms with Gasteiger partial charge in [-0.25, -0.2) is 9.78 Å². The van der Waals surface area contributed by atoms with Crippen molar-refractivity contribution >= 4 is 27.5 Å². The quantitative estimate of drug-likeness (QED) is 0.456. The summed E-state index contributed by atoms with van der Waals surface area (Å²) in [6.45, 7) is 2.27. The van der Waals surface area contributed by atoms with E-state index < -0.39 is 5.97 Å². The molecule has 0 N–H and O–H groups in total. The molecule has 30 heavy (non-hydrogen) atoms. The molecule has 0 amide bonds. The third-order valence-corrected chi connectivity index (χ3v) is 6.30. The monoisotopic (exact) mass is 426 g/mol. The van der Waals surface area contributed by atoms with Crippen LogP contribution in [0.3, 0.4) is 0 Å². The zero-order valence-corrected chi connectivity index (χ0v) is 17.0. The van der Waals surface area contributed by atoms with Crippen molar-refractivity contribution < 1.29 is 18.5 Å². The van der Waals surface area contributed by atoms with Crippen LogP contribution in [-0.4, -0.2) is 25.7 Å². The zero-order chi connectivity index (χ0) is 20.7. The summed E-state index contributed by atoms with van der Waals surface area (Å²) in [6.07, 6.45) is 5.34. The first kappa shape index (κ1) is 18.7. The lowest BCUT2D eigenvalue weighted by atomic mass is 10.2. The number of hydrogen-bond acceptors (Lipinski definition) is 9. The van der Waals surface area contributed by atoms with Crippen molar-refractivity contribution in [3.05, 3.63) is 50.8 Å². The maximum Gasteiger partial charge on any atom is 0.349 e. The third kappa shape index (κ3) is 3.22. The number of carbonyl (C=O) groups excluding carboxylic acids is 1. The number of fused-ring (bicyclic) bond motifs is 2. The summed E-state index contributed by atoms with van der Waals surface area (Å²) in [7, 11) is 0. The van der Waals surface area contributed by atoms with Crippen molar-refractivity contribution in [2.45, 2.75) is 45.8 Å². The molecule has 10 heteroatoms. The van der Waals surface area contributed by atoms with Crippen molar-refractivity contribution in [3.8, 4) is 11.7 Å². The molecule has 0 bridgehead atoms. The summed E-state index contributed by atoms with van der Waals surface area (Å²) in [6, 6.07) is 3.40. The van der Waals surface area contributed by atoms with Gasteiger partial charge in [-0.3, -0.25) is 9.36 Å². The van der Waals surface area contributed by atoms with Crippen LogP contribution in [0.25, 0.3) is 21.9 Å². The molecule has 5 heterocycles. The van der Waals surface area contributed by atoms with Gasteiger partial charge in [0.15, 0.2) is 12.4 Å². The van der Waals surface area contributed by atoms with Gasteiger partial charge in [0.05, 0.1) is 11.6 Å². The van der Waals surface area contributed by atoms with Crippen LogP contribution in [0.5, 0.6) is 0 Å². The minimum Gasteiger partial charge on any atom is -0.459 e. The number of furan rings is 1. The number of aryl methyl sites for hydroxylation is 2. The first-order chi connectivity index (χ1) is 14.6. The van der Waals surface area contributed by atoms with E-state index in [2.05, 4.69) is 15.1 Å². The summed E-state index contributed by atoms with van der Waals surface area (Å²) in [5.74, 6) is 1.12. The highest BCUT2D eigenvalue weighted by Crippen LogP contribution is 2.29. The van der Waals surface area contributed by atoms with Crippen molar-refractivity contribution in [2.24, 2.45) is 0 Å². The Morgan fingerprint density at radius 3 is 3.03 bits per heavy atom. The van der Waals surface area contributed by atoms with Crippen LogP contribution in [0, 0.1) is 6.92 Å². The van der Waals surface area contributed by atoms with E-state index in [0.29, 0.717) is 33.0 Å². The average Bonchev–Trinajstić information content (AvgIpc) is 3.44. The predicted octanol–water partition coefficient (Wildman–Crippen LogP) is 3.49. The minimum atomic E-state index is -0.542. The van der Waals surface area contributed by atoms with Crippen LogP contribution in [0.15, 0.2) is 32.1 Å². The van der Waals surface area contributed by atoms with E-state index in [1.165, 1.54) is 17.6 Å². The van der Waals surface area contributed by atoms with E-state index in [0.717, 1.165) is 31.5 Å². The fourth-order valence-corrected chi connectivity index (χ4v) is 4.70. The highest BCUT2D eigenvalue weighted by atomic mass is 32.1. The van der Waals surface area contributed by atoms with Crippen LogP contribution < -0.4 is 5.56 Å². The highest BCUT2D eigenvalue weighted by Gasteiger charge is 2.23. The lowest BCUT2D eigenvalue weighted by molar-refractivity contribution is 0.0465. The fraction of sp³-hybridized carbons (Fsp3) is 0.350. The molecular weight excluding hydrogens is 408 g/mol. The molecule has 0 atom stereocenters. The first-order valence-electron chi connectivity index (χ1n) is 9.68. The molecule has 9 nitrogen and oxygen atoms in total. The Labute approximate surface area is 174 Å². The average molecular weight is 426 g/mol. The molecule has 0 aromatic carbocycles. The van der Waals surface area contributed by atoms with Crippen LogP contribution in [0.4, 0.5) is 0 Å². The Morgan fingerprint density at radius 1 is 1.30 bits per heavy atom. The molecule has 0 spiro atoms. The minimum absolute atomic E-state index is 0.0778. The van der Waals surface area contributed by atoms with Gasteiger partial charge in [-0.15, -0.1) is 11.3 Å². The molecule has 1 aliphatic heterocycles. The zero-order valence-electron chi connectivity index (χ0n) is 16.2. The summed E-state index contributed by atoms with van der Waals surface area (Å²) in [4.78, 5) is 35.5. The highest BCUT2D eigenvalue weighted by molar-refractivity contribution is 7.20. The molecule has 0 saturated heterocycles. The van der Waals surface area contributed by atoms with Gasteiger partial charge in [-0.1, -0.05) is 11.6 Å². The molecule has 0 radical (unpaired) electrons. The number of nitrogens with zero attached hydrogens (tertiary/aromatic N) is 4. The normalized spacial score (nSPS) is 13.9. The van der Waals surface area contributed by atoms with Gasteiger partial charge >= 0.3 is 5.97 Å². The van der Waals surface area contributed by atoms with E-state index in [4.69, 9.17) is 13.7 Å². The van der Waals surface area contributed by atoms with Crippen LogP contribution in [0.1, 0.15) is 46.1 Å². The molecule has 154 valence electrons. The van der Waals surface area contributed by atoms with E-state index in [1.54, 1.807) is 23.6 Å². The molecule has 0 saturated carbocycles. The van der Waals surface area contributed by atoms with E-state index >= 15 is 0 Å². The number of aromatic nitrogens is 4. The second-order valence-corrected chi connectivity index (χ2v) is 8.10. The molecule has 5 rings (SSSR count). The summed E-state index contributed by atoms with van der Waals surface area (Å²) in [5, 5.41) is 4.29. The summed E-state index contributed by atoms with van der Waals surface area (Å²) >= 11 is 1.19. The van der Waals surface area contributed by atoms with Crippen LogP contribution in [-0.2, 0) is 24.3 Å². The second kappa shape index (κ2) is 7.52. The number of ether oxygens (including phenoxy) is 1. The third-order valence-electron chi connectivity index (χ3n) is 5.13. The number of rotatable bonds is 4. The molecule has 0 unspecified atom stereocenters. The Kier molecular flexibility index (Phi) is 4.70. The number of thiophene rings is 1. The molecule has 0 aliphatic carbocycles. The van der Waals surface area contributed by atoms with E-state index in [1.807, 2.05) is 0 Å². The lowest BCUT2D eigenvalue weighted by Gasteiger charge is -2.08. The smallest absolute Gasteiger partial charge is 0.349 e. The van der Waals surface area contributed by atoms with Crippen molar-refractivity contribution in [1.82, 2.24) is 19.7 Å². The maximum absolute atomic E-state index is 13.0. The standard InChI is InChI=1S/C20H18N4O5S/c1-11-15-18(22-14-7-3-2-4-8-24(14)19(15)25)30-16(11)20(26)28-10-13-21-17(29-23-13)12-6-5-9-27-12/h5-6,9H,2-4,7-8,10H2,1H3. The van der Waals surface area contributed by atoms with Gasteiger partial charge in [0.25, 0.3) is 11.4 Å². The Balaban J connectivity index is 1.39. The fourth-order valence-electron chi connectivity index (χ4n) is 3.61. The van der Waals surface area contributed by atoms with Crippen molar-refractivity contribution in [2.75, 3.05) is 0 Å². The largest absolute Gasteiger partial charge is 0.459 e. The number of carbonyl (C=O) groups is 1. The van der Waals surface area contributed by atoms with E-state index in [-0.39, 0.29) is 23.9 Å². The molecular formula is C20H18N4O5S. The van der Waals surface area contributed by atoms with Gasteiger partial charge in [0.2, 0.25) is 5.82 Å². The van der Waals surface area contributed by atoms with Crippen LogP contribution >= 0.6 is 11.3 Å². The molecule has 4 aromatic rings. The van der Waals surface area contributed by atoms with Crippen molar-refractivity contribution in [1.29, 1.82) is 0 Å². The Morgan fingerprint density at radius 2 is 2.20 bits per heavy atom. The lowest BCUT2D eigenvalue weighted by Crippen LogP contribution is -2.24. The van der Waals surface area contributed by atoms with Crippen molar-refractivity contribution in [3.63, 3.8) is 0 Å². The maximum atomic E-state index is 13.0. The topological polar surface area (TPSA) is 113 Å². The van der Waals surface area contributed by atoms with Gasteiger partial charge < -0.3 is 13.7 Å². The van der Waals surface area contributed by atoms with Crippen LogP contribution in [0.2, 0.25) is 0 Å². The van der Waals surface area contributed by atoms with E-state index in [9.17, 15) is 9.59 Å². The molecule has 4 aromatic heterocycles. The van der Waals surface area contributed by atoms with Gasteiger partial charge in [0, 0.05) is 13.0 Å². The SMILES string of the molecule is Cc1c(C(=O)OCc2noc(-c3ccco3)n2)sc2nc3n(c(=O)c12)CCCCC3. The number of esters is 1. The predicted molar refractivity (Wildman–Crippen MR) is 107 cm³/mol. The molecule has 0 fully saturated rings. The summed E-state index contributed by atoms with van der Waals surface area (Å²) < 4.78 is 17.4. The first-order valence-corrected chi connectivity index (χ1v) is 10.5. The Hall–Kier alpha value is -3.27. The van der Waals surface area contributed by atoms with Gasteiger partial charge in [-0.05, 0) is 37.5 Å². The Bertz CT molecular complexity index is 1280. The molecule has 1 aliphatic rings. The summed E-state index contributed by atoms with van der Waals surface area (Å²) in [5.41, 5.74) is 0.521. The number of hydrogen-bond donors (Lipinski definition) is 0.